The zero-order valence-corrected chi connectivity index (χ0v) is 17.9. The van der Waals surface area contributed by atoms with Crippen LogP contribution in [0.1, 0.15) is 16.7 Å². The summed E-state index contributed by atoms with van der Waals surface area (Å²) < 4.78 is 113. The summed E-state index contributed by atoms with van der Waals surface area (Å²) in [5, 5.41) is 0. The molecular formula is C27H14F8. The van der Waals surface area contributed by atoms with Gasteiger partial charge in [0.2, 0.25) is 0 Å². The Hall–Kier alpha value is -3.94. The van der Waals surface area contributed by atoms with Crippen molar-refractivity contribution in [3.63, 3.8) is 0 Å². The van der Waals surface area contributed by atoms with Crippen molar-refractivity contribution in [2.45, 2.75) is 6.92 Å². The van der Waals surface area contributed by atoms with Crippen molar-refractivity contribution in [2.75, 3.05) is 0 Å². The molecule has 0 fully saturated rings. The molecule has 0 bridgehead atoms. The molecule has 0 nitrogen and oxygen atoms in total. The minimum Gasteiger partial charge on any atom is -0.206 e. The van der Waals surface area contributed by atoms with E-state index >= 15 is 0 Å². The van der Waals surface area contributed by atoms with E-state index in [1.165, 1.54) is 0 Å². The summed E-state index contributed by atoms with van der Waals surface area (Å²) in [5.41, 5.74) is -1.34. The van der Waals surface area contributed by atoms with Crippen LogP contribution in [0.5, 0.6) is 0 Å². The molecule has 0 N–H and O–H groups in total. The molecule has 0 saturated carbocycles. The molecule has 4 aromatic carbocycles. The van der Waals surface area contributed by atoms with Gasteiger partial charge in [-0.05, 0) is 53.9 Å². The fourth-order valence-electron chi connectivity index (χ4n) is 3.53. The number of hydrogen-bond donors (Lipinski definition) is 0. The average molecular weight is 490 g/mol. The number of rotatable bonds is 4. The number of hydrogen-bond acceptors (Lipinski definition) is 0. The van der Waals surface area contributed by atoms with Crippen LogP contribution in [0.25, 0.3) is 33.9 Å². The molecule has 0 aromatic heterocycles. The molecule has 0 spiro atoms. The van der Waals surface area contributed by atoms with Gasteiger partial charge in [0, 0.05) is 11.1 Å². The summed E-state index contributed by atoms with van der Waals surface area (Å²) in [6.07, 6.45) is 0. The van der Waals surface area contributed by atoms with Gasteiger partial charge < -0.3 is 0 Å². The van der Waals surface area contributed by atoms with Gasteiger partial charge >= 0.3 is 0 Å². The predicted molar refractivity (Wildman–Crippen MR) is 117 cm³/mol. The lowest BCUT2D eigenvalue weighted by atomic mass is 9.99. The van der Waals surface area contributed by atoms with E-state index in [-0.39, 0.29) is 11.1 Å². The fourth-order valence-corrected chi connectivity index (χ4v) is 3.53. The van der Waals surface area contributed by atoms with Gasteiger partial charge in [-0.1, -0.05) is 42.0 Å². The van der Waals surface area contributed by atoms with Crippen LogP contribution in [-0.4, -0.2) is 0 Å². The standard InChI is InChI=1S/C27H14F8/c1-13-2-4-14(5-3-13)16-9-20(29)24(21(30)10-16)27(35)25(33)15-6-7-18(19(28)8-15)17-11-22(31)26(34)23(32)12-17/h2-12H,1H3/b27-25+. The SMILES string of the molecule is Cc1ccc(-c2cc(F)c(/C(F)=C(\F)c3ccc(-c4cc(F)c(F)c(F)c4)c(F)c3)c(F)c2)cc1. The minimum atomic E-state index is -1.90. The van der Waals surface area contributed by atoms with Crippen molar-refractivity contribution < 1.29 is 35.1 Å². The van der Waals surface area contributed by atoms with Gasteiger partial charge in [0.25, 0.3) is 0 Å². The first-order chi connectivity index (χ1) is 16.6. The molecular weight excluding hydrogens is 476 g/mol. The van der Waals surface area contributed by atoms with Crippen molar-refractivity contribution in [3.8, 4) is 22.3 Å². The van der Waals surface area contributed by atoms with Crippen LogP contribution >= 0.6 is 0 Å². The van der Waals surface area contributed by atoms with Crippen molar-refractivity contribution in [3.05, 3.63) is 118 Å². The fraction of sp³-hybridized carbons (Fsp3) is 0.0370. The third-order valence-electron chi connectivity index (χ3n) is 5.36. The molecule has 0 saturated heterocycles. The molecule has 0 radical (unpaired) electrons. The van der Waals surface area contributed by atoms with Crippen molar-refractivity contribution in [1.29, 1.82) is 0 Å². The van der Waals surface area contributed by atoms with Crippen LogP contribution in [0.2, 0.25) is 0 Å². The van der Waals surface area contributed by atoms with E-state index in [1.54, 1.807) is 24.3 Å². The molecule has 4 aromatic rings. The maximum Gasteiger partial charge on any atom is 0.194 e. The smallest absolute Gasteiger partial charge is 0.194 e. The predicted octanol–water partition coefficient (Wildman–Crippen LogP) is 8.93. The second-order valence-electron chi connectivity index (χ2n) is 7.76. The van der Waals surface area contributed by atoms with Crippen LogP contribution in [-0.2, 0) is 0 Å². The Bertz CT molecular complexity index is 1420. The number of halogens is 8. The van der Waals surface area contributed by atoms with Crippen LogP contribution in [0.15, 0.2) is 66.7 Å². The summed E-state index contributed by atoms with van der Waals surface area (Å²) >= 11 is 0. The lowest BCUT2D eigenvalue weighted by Crippen LogP contribution is -1.97. The highest BCUT2D eigenvalue weighted by Gasteiger charge is 2.22. The normalized spacial score (nSPS) is 12.0. The Morgan fingerprint density at radius 2 is 1.06 bits per heavy atom. The second-order valence-corrected chi connectivity index (χ2v) is 7.76. The van der Waals surface area contributed by atoms with Crippen molar-refractivity contribution in [1.82, 2.24) is 0 Å². The van der Waals surface area contributed by atoms with Gasteiger partial charge in [0.05, 0.1) is 5.56 Å². The minimum absolute atomic E-state index is 0.103. The van der Waals surface area contributed by atoms with E-state index in [4.69, 9.17) is 0 Å². The average Bonchev–Trinajstić information content (AvgIpc) is 2.81. The Labute approximate surface area is 194 Å². The van der Waals surface area contributed by atoms with E-state index in [0.29, 0.717) is 23.8 Å². The molecule has 8 heteroatoms. The number of benzene rings is 4. The van der Waals surface area contributed by atoms with Gasteiger partial charge in [-0.15, -0.1) is 0 Å². The highest BCUT2D eigenvalue weighted by molar-refractivity contribution is 5.85. The Balaban J connectivity index is 1.73. The Kier molecular flexibility index (Phi) is 6.47. The van der Waals surface area contributed by atoms with Crippen LogP contribution in [0.3, 0.4) is 0 Å². The monoisotopic (exact) mass is 490 g/mol. The molecule has 0 heterocycles. The zero-order chi connectivity index (χ0) is 25.4. The van der Waals surface area contributed by atoms with Crippen molar-refractivity contribution in [2.24, 2.45) is 0 Å². The Morgan fingerprint density at radius 3 is 1.60 bits per heavy atom. The first-order valence-corrected chi connectivity index (χ1v) is 10.1. The maximum absolute atomic E-state index is 14.8. The van der Waals surface area contributed by atoms with E-state index < -0.39 is 63.2 Å². The van der Waals surface area contributed by atoms with Crippen LogP contribution in [0, 0.1) is 41.8 Å². The summed E-state index contributed by atoms with van der Waals surface area (Å²) in [4.78, 5) is 0. The lowest BCUT2D eigenvalue weighted by Gasteiger charge is -2.10. The summed E-state index contributed by atoms with van der Waals surface area (Å²) in [6.45, 7) is 1.82. The molecule has 35 heavy (non-hydrogen) atoms. The molecule has 0 atom stereocenters. The second kappa shape index (κ2) is 9.37. The van der Waals surface area contributed by atoms with Crippen molar-refractivity contribution >= 4 is 11.7 Å². The van der Waals surface area contributed by atoms with E-state index in [2.05, 4.69) is 0 Å². The molecule has 0 aliphatic heterocycles. The Morgan fingerprint density at radius 1 is 0.514 bits per heavy atom. The molecule has 4 rings (SSSR count). The third kappa shape index (κ3) is 4.69. The lowest BCUT2D eigenvalue weighted by molar-refractivity contribution is 0.447. The summed E-state index contributed by atoms with van der Waals surface area (Å²) in [5.74, 6) is -12.5. The van der Waals surface area contributed by atoms with Crippen LogP contribution < -0.4 is 0 Å². The first-order valence-electron chi connectivity index (χ1n) is 10.1. The van der Waals surface area contributed by atoms with E-state index in [1.807, 2.05) is 6.92 Å². The maximum atomic E-state index is 14.8. The largest absolute Gasteiger partial charge is 0.206 e. The van der Waals surface area contributed by atoms with Gasteiger partial charge in [-0.25, -0.2) is 35.1 Å². The van der Waals surface area contributed by atoms with Gasteiger partial charge in [-0.2, -0.15) is 0 Å². The highest BCUT2D eigenvalue weighted by atomic mass is 19.2. The topological polar surface area (TPSA) is 0 Å². The summed E-state index contributed by atoms with van der Waals surface area (Å²) in [6, 6.07) is 11.6. The van der Waals surface area contributed by atoms with Gasteiger partial charge in [0.15, 0.2) is 29.1 Å². The summed E-state index contributed by atoms with van der Waals surface area (Å²) in [7, 11) is 0. The van der Waals surface area contributed by atoms with E-state index in [9.17, 15) is 35.1 Å². The third-order valence-corrected chi connectivity index (χ3v) is 5.36. The highest BCUT2D eigenvalue weighted by Crippen LogP contribution is 2.36. The van der Waals surface area contributed by atoms with Gasteiger partial charge in [0.1, 0.15) is 17.5 Å². The molecule has 0 unspecified atom stereocenters. The van der Waals surface area contributed by atoms with Gasteiger partial charge in [-0.3, -0.25) is 0 Å². The molecule has 0 amide bonds. The first kappa shape index (κ1) is 24.2. The van der Waals surface area contributed by atoms with E-state index in [0.717, 1.165) is 29.8 Å². The molecule has 0 aliphatic rings. The molecule has 178 valence electrons. The van der Waals surface area contributed by atoms with Crippen LogP contribution in [0.4, 0.5) is 35.1 Å². The number of aryl methyl sites for hydroxylation is 1. The molecule has 0 aliphatic carbocycles. The zero-order valence-electron chi connectivity index (χ0n) is 17.9. The quantitative estimate of drug-likeness (QED) is 0.152.